The number of hydrogen-bond acceptors (Lipinski definition) is 4. The first kappa shape index (κ1) is 7.91. The molecular formula is C9H12N4. The molecule has 4 heteroatoms. The second-order valence-corrected chi connectivity index (χ2v) is 2.90. The topological polar surface area (TPSA) is 62.4 Å². The molecule has 1 heterocycles. The van der Waals surface area contributed by atoms with Crippen molar-refractivity contribution in [3.8, 4) is 0 Å². The van der Waals surface area contributed by atoms with Crippen molar-refractivity contribution in [3.63, 3.8) is 0 Å². The molecule has 0 saturated carbocycles. The SMILES string of the molecule is Nc1ccc(NC2=NCCN2)cc1. The summed E-state index contributed by atoms with van der Waals surface area (Å²) in [6, 6.07) is 7.57. The second kappa shape index (κ2) is 3.35. The molecule has 0 unspecified atom stereocenters. The molecule has 1 aromatic carbocycles. The number of anilines is 2. The summed E-state index contributed by atoms with van der Waals surface area (Å²) in [4.78, 5) is 4.22. The molecule has 0 fully saturated rings. The first-order chi connectivity index (χ1) is 6.34. The van der Waals surface area contributed by atoms with Crippen LogP contribution in [0.1, 0.15) is 0 Å². The van der Waals surface area contributed by atoms with E-state index in [1.807, 2.05) is 24.3 Å². The molecular weight excluding hydrogens is 164 g/mol. The Bertz CT molecular complexity index is 315. The van der Waals surface area contributed by atoms with Gasteiger partial charge in [0.25, 0.3) is 0 Å². The van der Waals surface area contributed by atoms with Gasteiger partial charge in [-0.1, -0.05) is 0 Å². The van der Waals surface area contributed by atoms with Gasteiger partial charge in [0, 0.05) is 17.9 Å². The fourth-order valence-electron chi connectivity index (χ4n) is 1.18. The Hall–Kier alpha value is -1.71. The quantitative estimate of drug-likeness (QED) is 0.550. The summed E-state index contributed by atoms with van der Waals surface area (Å²) in [7, 11) is 0. The lowest BCUT2D eigenvalue weighted by molar-refractivity contribution is 0.959. The van der Waals surface area contributed by atoms with Crippen molar-refractivity contribution in [2.45, 2.75) is 0 Å². The van der Waals surface area contributed by atoms with E-state index in [0.29, 0.717) is 0 Å². The highest BCUT2D eigenvalue weighted by molar-refractivity contribution is 5.94. The Morgan fingerprint density at radius 2 is 2.08 bits per heavy atom. The molecule has 0 amide bonds. The summed E-state index contributed by atoms with van der Waals surface area (Å²) >= 11 is 0. The van der Waals surface area contributed by atoms with E-state index in [2.05, 4.69) is 15.6 Å². The zero-order chi connectivity index (χ0) is 9.10. The van der Waals surface area contributed by atoms with Crippen molar-refractivity contribution in [2.75, 3.05) is 24.1 Å². The van der Waals surface area contributed by atoms with Gasteiger partial charge in [0.15, 0.2) is 5.96 Å². The van der Waals surface area contributed by atoms with Crippen molar-refractivity contribution in [1.29, 1.82) is 0 Å². The molecule has 13 heavy (non-hydrogen) atoms. The number of hydrogen-bond donors (Lipinski definition) is 3. The lowest BCUT2D eigenvalue weighted by Crippen LogP contribution is -2.26. The maximum Gasteiger partial charge on any atom is 0.195 e. The molecule has 1 aliphatic heterocycles. The number of nitrogens with zero attached hydrogens (tertiary/aromatic N) is 1. The molecule has 0 aliphatic carbocycles. The molecule has 2 rings (SSSR count). The number of nitrogen functional groups attached to an aromatic ring is 1. The average Bonchev–Trinajstić information content (AvgIpc) is 2.62. The van der Waals surface area contributed by atoms with Crippen LogP contribution in [0, 0.1) is 0 Å². The summed E-state index contributed by atoms with van der Waals surface area (Å²) in [5.41, 5.74) is 7.33. The summed E-state index contributed by atoms with van der Waals surface area (Å²) < 4.78 is 0. The zero-order valence-corrected chi connectivity index (χ0v) is 7.25. The number of guanidine groups is 1. The van der Waals surface area contributed by atoms with Crippen LogP contribution in [-0.4, -0.2) is 19.0 Å². The van der Waals surface area contributed by atoms with Gasteiger partial charge in [-0.15, -0.1) is 0 Å². The number of aliphatic imine (C=N–C) groups is 1. The minimum absolute atomic E-state index is 0.770. The van der Waals surface area contributed by atoms with Crippen molar-refractivity contribution in [2.24, 2.45) is 4.99 Å². The van der Waals surface area contributed by atoms with Gasteiger partial charge in [0.05, 0.1) is 6.54 Å². The van der Waals surface area contributed by atoms with Crippen LogP contribution in [0.3, 0.4) is 0 Å². The zero-order valence-electron chi connectivity index (χ0n) is 7.25. The van der Waals surface area contributed by atoms with Gasteiger partial charge >= 0.3 is 0 Å². The van der Waals surface area contributed by atoms with E-state index < -0.39 is 0 Å². The number of nitrogens with one attached hydrogen (secondary N) is 2. The minimum atomic E-state index is 0.770. The van der Waals surface area contributed by atoms with E-state index in [4.69, 9.17) is 5.73 Å². The van der Waals surface area contributed by atoms with Gasteiger partial charge in [-0.3, -0.25) is 4.99 Å². The fourth-order valence-corrected chi connectivity index (χ4v) is 1.18. The number of nitrogens with two attached hydrogens (primary N) is 1. The lowest BCUT2D eigenvalue weighted by Gasteiger charge is -2.05. The predicted molar refractivity (Wildman–Crippen MR) is 54.8 cm³/mol. The molecule has 0 saturated heterocycles. The molecule has 68 valence electrons. The van der Waals surface area contributed by atoms with E-state index in [1.165, 1.54) is 0 Å². The molecule has 1 aromatic rings. The Kier molecular flexibility index (Phi) is 2.04. The minimum Gasteiger partial charge on any atom is -0.399 e. The maximum absolute atomic E-state index is 5.56. The van der Waals surface area contributed by atoms with E-state index in [9.17, 15) is 0 Å². The highest BCUT2D eigenvalue weighted by atomic mass is 15.2. The van der Waals surface area contributed by atoms with Crippen LogP contribution in [0.25, 0.3) is 0 Å². The normalized spacial score (nSPS) is 14.9. The van der Waals surface area contributed by atoms with Crippen LogP contribution in [0.5, 0.6) is 0 Å². The van der Waals surface area contributed by atoms with Crippen LogP contribution in [0.2, 0.25) is 0 Å². The van der Waals surface area contributed by atoms with Crippen molar-refractivity contribution >= 4 is 17.3 Å². The lowest BCUT2D eigenvalue weighted by atomic mass is 10.3. The molecule has 0 radical (unpaired) electrons. The van der Waals surface area contributed by atoms with E-state index in [-0.39, 0.29) is 0 Å². The van der Waals surface area contributed by atoms with E-state index >= 15 is 0 Å². The number of rotatable bonds is 1. The van der Waals surface area contributed by atoms with E-state index in [0.717, 1.165) is 30.4 Å². The Labute approximate surface area is 76.9 Å². The molecule has 0 bridgehead atoms. The molecule has 0 atom stereocenters. The highest BCUT2D eigenvalue weighted by Gasteiger charge is 2.03. The summed E-state index contributed by atoms with van der Waals surface area (Å²) in [6.45, 7) is 1.76. The Balaban J connectivity index is 2.05. The Morgan fingerprint density at radius 1 is 1.31 bits per heavy atom. The maximum atomic E-state index is 5.56. The van der Waals surface area contributed by atoms with E-state index in [1.54, 1.807) is 0 Å². The van der Waals surface area contributed by atoms with Crippen LogP contribution in [0.15, 0.2) is 29.3 Å². The second-order valence-electron chi connectivity index (χ2n) is 2.90. The Morgan fingerprint density at radius 3 is 2.69 bits per heavy atom. The molecule has 0 aromatic heterocycles. The number of benzene rings is 1. The van der Waals surface area contributed by atoms with Crippen molar-refractivity contribution in [1.82, 2.24) is 5.32 Å². The standard InChI is InChI=1S/C9H12N4/c10-7-1-3-8(4-2-7)13-9-11-5-6-12-9/h1-4H,5-6,10H2,(H2,11,12,13). The average molecular weight is 176 g/mol. The smallest absolute Gasteiger partial charge is 0.195 e. The van der Waals surface area contributed by atoms with Gasteiger partial charge in [-0.2, -0.15) is 0 Å². The summed E-state index contributed by atoms with van der Waals surface area (Å²) in [5, 5.41) is 6.28. The van der Waals surface area contributed by atoms with Gasteiger partial charge in [0.1, 0.15) is 0 Å². The monoisotopic (exact) mass is 176 g/mol. The van der Waals surface area contributed by atoms with Crippen LogP contribution in [-0.2, 0) is 0 Å². The van der Waals surface area contributed by atoms with Gasteiger partial charge in [0.2, 0.25) is 0 Å². The fraction of sp³-hybridized carbons (Fsp3) is 0.222. The first-order valence-electron chi connectivity index (χ1n) is 4.25. The van der Waals surface area contributed by atoms with Gasteiger partial charge in [-0.05, 0) is 24.3 Å². The molecule has 1 aliphatic rings. The van der Waals surface area contributed by atoms with Crippen LogP contribution < -0.4 is 16.4 Å². The third-order valence-corrected chi connectivity index (χ3v) is 1.85. The molecule has 0 spiro atoms. The first-order valence-corrected chi connectivity index (χ1v) is 4.25. The third kappa shape index (κ3) is 1.90. The van der Waals surface area contributed by atoms with Crippen LogP contribution in [0.4, 0.5) is 11.4 Å². The van der Waals surface area contributed by atoms with Crippen LogP contribution >= 0.6 is 0 Å². The van der Waals surface area contributed by atoms with Crippen molar-refractivity contribution < 1.29 is 0 Å². The van der Waals surface area contributed by atoms with Gasteiger partial charge < -0.3 is 16.4 Å². The highest BCUT2D eigenvalue weighted by Crippen LogP contribution is 2.10. The predicted octanol–water partition coefficient (Wildman–Crippen LogP) is 0.640. The van der Waals surface area contributed by atoms with Gasteiger partial charge in [-0.25, -0.2) is 0 Å². The summed E-state index contributed by atoms with van der Waals surface area (Å²) in [5.74, 6) is 0.838. The largest absolute Gasteiger partial charge is 0.399 e. The summed E-state index contributed by atoms with van der Waals surface area (Å²) in [6.07, 6.45) is 0. The molecule has 4 N–H and O–H groups in total. The van der Waals surface area contributed by atoms with Crippen molar-refractivity contribution in [3.05, 3.63) is 24.3 Å². The third-order valence-electron chi connectivity index (χ3n) is 1.85. The molecule has 4 nitrogen and oxygen atoms in total.